The fourth-order valence-corrected chi connectivity index (χ4v) is 3.16. The van der Waals surface area contributed by atoms with Crippen molar-refractivity contribution in [2.45, 2.75) is 56.3 Å². The molecule has 4 unspecified atom stereocenters. The molecule has 0 aliphatic rings. The smallest absolute Gasteiger partial charge is 0.326 e. The molecule has 0 aliphatic heterocycles. The van der Waals surface area contributed by atoms with E-state index in [2.05, 4.69) is 16.0 Å². The van der Waals surface area contributed by atoms with Crippen LogP contribution in [0, 0.1) is 0 Å². The predicted molar refractivity (Wildman–Crippen MR) is 129 cm³/mol. The summed E-state index contributed by atoms with van der Waals surface area (Å²) in [5.41, 5.74) is 21.3. The number of carboxylic acids is 1. The van der Waals surface area contributed by atoms with Gasteiger partial charge in [0.2, 0.25) is 35.4 Å². The highest BCUT2D eigenvalue weighted by Gasteiger charge is 2.31. The average Bonchev–Trinajstić information content (AvgIpc) is 2.80. The van der Waals surface area contributed by atoms with Crippen molar-refractivity contribution in [1.82, 2.24) is 16.0 Å². The highest BCUT2D eigenvalue weighted by molar-refractivity contribution is 5.96. The third-order valence-corrected chi connectivity index (χ3v) is 5.10. The summed E-state index contributed by atoms with van der Waals surface area (Å²) in [4.78, 5) is 83.4. The van der Waals surface area contributed by atoms with Gasteiger partial charge in [-0.1, -0.05) is 12.1 Å². The highest BCUT2D eigenvalue weighted by Crippen LogP contribution is 2.12. The molecule has 38 heavy (non-hydrogen) atoms. The molecular formula is C22H31N7O9. The quantitative estimate of drug-likeness (QED) is 0.0979. The summed E-state index contributed by atoms with van der Waals surface area (Å²) in [6.45, 7) is 0. The number of rotatable bonds is 16. The maximum atomic E-state index is 13.1. The minimum atomic E-state index is -1.66. The van der Waals surface area contributed by atoms with Gasteiger partial charge in [0.15, 0.2) is 0 Å². The summed E-state index contributed by atoms with van der Waals surface area (Å²) >= 11 is 0. The van der Waals surface area contributed by atoms with Gasteiger partial charge in [0.05, 0.1) is 18.9 Å². The van der Waals surface area contributed by atoms with Crippen LogP contribution < -0.4 is 38.9 Å². The van der Waals surface area contributed by atoms with E-state index in [4.69, 9.17) is 22.9 Å². The minimum Gasteiger partial charge on any atom is -0.508 e. The van der Waals surface area contributed by atoms with Crippen molar-refractivity contribution in [3.8, 4) is 5.75 Å². The zero-order valence-corrected chi connectivity index (χ0v) is 20.2. The second-order valence-electron chi connectivity index (χ2n) is 8.34. The van der Waals surface area contributed by atoms with Gasteiger partial charge in [-0.15, -0.1) is 0 Å². The number of hydrogen-bond acceptors (Lipinski definition) is 9. The van der Waals surface area contributed by atoms with Crippen LogP contribution in [0.1, 0.15) is 31.2 Å². The Hall–Kier alpha value is -4.73. The number of aromatic hydroxyl groups is 1. The van der Waals surface area contributed by atoms with Crippen LogP contribution in [0.15, 0.2) is 24.3 Å². The van der Waals surface area contributed by atoms with Crippen molar-refractivity contribution >= 4 is 41.4 Å². The second-order valence-corrected chi connectivity index (χ2v) is 8.34. The van der Waals surface area contributed by atoms with E-state index in [9.17, 15) is 43.8 Å². The fourth-order valence-electron chi connectivity index (χ4n) is 3.16. The van der Waals surface area contributed by atoms with E-state index in [0.29, 0.717) is 5.56 Å². The van der Waals surface area contributed by atoms with E-state index in [1.807, 2.05) is 0 Å². The van der Waals surface area contributed by atoms with Crippen molar-refractivity contribution in [2.24, 2.45) is 22.9 Å². The lowest BCUT2D eigenvalue weighted by molar-refractivity contribution is -0.142. The molecule has 208 valence electrons. The van der Waals surface area contributed by atoms with Crippen LogP contribution in [0.25, 0.3) is 0 Å². The van der Waals surface area contributed by atoms with Crippen molar-refractivity contribution in [2.75, 3.05) is 0 Å². The number of nitrogens with two attached hydrogens (primary N) is 4. The van der Waals surface area contributed by atoms with Gasteiger partial charge in [-0.25, -0.2) is 4.79 Å². The number of benzene rings is 1. The van der Waals surface area contributed by atoms with Gasteiger partial charge >= 0.3 is 5.97 Å². The molecule has 0 saturated carbocycles. The molecule has 13 N–H and O–H groups in total. The molecule has 1 aromatic carbocycles. The first-order valence-corrected chi connectivity index (χ1v) is 11.2. The van der Waals surface area contributed by atoms with E-state index < -0.39 is 78.4 Å². The number of amides is 6. The predicted octanol–water partition coefficient (Wildman–Crippen LogP) is -4.18. The molecule has 6 amide bonds. The SMILES string of the molecule is NC(=O)CCC(NC(=O)C(CC(N)=O)NC(=O)C(Cc1ccc(O)cc1)NC(=O)C(N)CC(N)=O)C(=O)O. The molecule has 1 aromatic rings. The largest absolute Gasteiger partial charge is 0.508 e. The maximum Gasteiger partial charge on any atom is 0.326 e. The standard InChI is InChI=1S/C22H31N7O9/c23-12(8-17(25)32)19(34)28-14(7-10-1-3-11(30)4-2-10)20(35)29-15(9-18(26)33)21(36)27-13(22(37)38)5-6-16(24)31/h1-4,12-15,30H,5-9,23H2,(H2,24,31)(H2,25,32)(H2,26,33)(H,27,36)(H,28,34)(H,29,35)(H,37,38). The lowest BCUT2D eigenvalue weighted by Gasteiger charge is -2.24. The van der Waals surface area contributed by atoms with Crippen LogP contribution >= 0.6 is 0 Å². The van der Waals surface area contributed by atoms with Crippen LogP contribution in [-0.2, 0) is 40.0 Å². The third kappa shape index (κ3) is 11.3. The number of hydrogen-bond donors (Lipinski definition) is 9. The number of carboxylic acid groups (broad SMARTS) is 1. The number of phenols is 1. The zero-order valence-electron chi connectivity index (χ0n) is 20.2. The number of phenolic OH excluding ortho intramolecular Hbond substituents is 1. The molecule has 16 heteroatoms. The summed E-state index contributed by atoms with van der Waals surface area (Å²) in [7, 11) is 0. The summed E-state index contributed by atoms with van der Waals surface area (Å²) in [6.07, 6.45) is -2.15. The number of primary amides is 3. The molecule has 1 rings (SSSR count). The molecule has 16 nitrogen and oxygen atoms in total. The number of nitrogens with one attached hydrogen (secondary N) is 3. The van der Waals surface area contributed by atoms with Crippen LogP contribution in [-0.4, -0.2) is 75.8 Å². The first kappa shape index (κ1) is 31.3. The summed E-state index contributed by atoms with van der Waals surface area (Å²) in [5, 5.41) is 25.5. The van der Waals surface area contributed by atoms with E-state index in [0.717, 1.165) is 0 Å². The fraction of sp³-hybridized carbons (Fsp3) is 0.409. The van der Waals surface area contributed by atoms with Gasteiger partial charge in [-0.3, -0.25) is 28.8 Å². The summed E-state index contributed by atoms with van der Waals surface area (Å²) < 4.78 is 0. The van der Waals surface area contributed by atoms with E-state index >= 15 is 0 Å². The molecule has 0 bridgehead atoms. The van der Waals surface area contributed by atoms with Crippen LogP contribution in [0.4, 0.5) is 0 Å². The molecule has 0 radical (unpaired) electrons. The van der Waals surface area contributed by atoms with Crippen molar-refractivity contribution in [1.29, 1.82) is 0 Å². The molecule has 4 atom stereocenters. The maximum absolute atomic E-state index is 13.1. The van der Waals surface area contributed by atoms with Crippen LogP contribution in [0.3, 0.4) is 0 Å². The van der Waals surface area contributed by atoms with Crippen molar-refractivity contribution < 1.29 is 43.8 Å². The Morgan fingerprint density at radius 1 is 0.711 bits per heavy atom. The number of aliphatic carboxylic acids is 1. The average molecular weight is 538 g/mol. The molecule has 0 spiro atoms. The minimum absolute atomic E-state index is 0.0650. The zero-order chi connectivity index (χ0) is 29.0. The van der Waals surface area contributed by atoms with Gasteiger partial charge in [0, 0.05) is 12.8 Å². The molecule has 0 fully saturated rings. The van der Waals surface area contributed by atoms with Crippen LogP contribution in [0.2, 0.25) is 0 Å². The second kappa shape index (κ2) is 14.7. The Balaban J connectivity index is 3.15. The summed E-state index contributed by atoms with van der Waals surface area (Å²) in [5.74, 6) is -7.26. The lowest BCUT2D eigenvalue weighted by Crippen LogP contribution is -2.58. The van der Waals surface area contributed by atoms with Gasteiger partial charge in [0.1, 0.15) is 23.9 Å². The first-order valence-electron chi connectivity index (χ1n) is 11.2. The Labute approximate surface area is 216 Å². The van der Waals surface area contributed by atoms with Gasteiger partial charge in [-0.2, -0.15) is 0 Å². The Kier molecular flexibility index (Phi) is 12.1. The first-order chi connectivity index (χ1) is 17.7. The Morgan fingerprint density at radius 3 is 1.71 bits per heavy atom. The van der Waals surface area contributed by atoms with Crippen molar-refractivity contribution in [3.63, 3.8) is 0 Å². The number of carbonyl (C=O) groups is 7. The third-order valence-electron chi connectivity index (χ3n) is 5.10. The number of carbonyl (C=O) groups excluding carboxylic acids is 6. The summed E-state index contributed by atoms with van der Waals surface area (Å²) in [6, 6.07) is -0.466. The Morgan fingerprint density at radius 2 is 1.21 bits per heavy atom. The van der Waals surface area contributed by atoms with Gasteiger partial charge < -0.3 is 49.1 Å². The van der Waals surface area contributed by atoms with E-state index in [1.165, 1.54) is 24.3 Å². The van der Waals surface area contributed by atoms with Crippen molar-refractivity contribution in [3.05, 3.63) is 29.8 Å². The lowest BCUT2D eigenvalue weighted by atomic mass is 10.0. The topological polar surface area (TPSA) is 300 Å². The highest BCUT2D eigenvalue weighted by atomic mass is 16.4. The van der Waals surface area contributed by atoms with E-state index in [-0.39, 0.29) is 25.0 Å². The molecule has 0 saturated heterocycles. The monoisotopic (exact) mass is 537 g/mol. The van der Waals surface area contributed by atoms with E-state index in [1.54, 1.807) is 0 Å². The normalized spacial score (nSPS) is 13.7. The Bertz CT molecular complexity index is 1060. The molecule has 0 aromatic heterocycles. The van der Waals surface area contributed by atoms with Gasteiger partial charge in [0.25, 0.3) is 0 Å². The molecular weight excluding hydrogens is 506 g/mol. The van der Waals surface area contributed by atoms with Gasteiger partial charge in [-0.05, 0) is 24.1 Å². The molecule has 0 heterocycles. The van der Waals surface area contributed by atoms with Crippen LogP contribution in [0.5, 0.6) is 5.75 Å². The molecule has 0 aliphatic carbocycles.